The summed E-state index contributed by atoms with van der Waals surface area (Å²) < 4.78 is 9.85. The van der Waals surface area contributed by atoms with E-state index in [0.717, 1.165) is 17.6 Å². The summed E-state index contributed by atoms with van der Waals surface area (Å²) in [4.78, 5) is 11.4. The summed E-state index contributed by atoms with van der Waals surface area (Å²) in [6.07, 6.45) is 2.92. The summed E-state index contributed by atoms with van der Waals surface area (Å²) in [7, 11) is 1.43. The molecule has 15 heavy (non-hydrogen) atoms. The van der Waals surface area contributed by atoms with Crippen LogP contribution in [-0.4, -0.2) is 12.2 Å². The van der Waals surface area contributed by atoms with Gasteiger partial charge in [0.05, 0.1) is 19.1 Å². The molecule has 4 heteroatoms. The molecule has 0 unspecified atom stereocenters. The molecule has 0 fully saturated rings. The van der Waals surface area contributed by atoms with E-state index in [1.54, 1.807) is 6.92 Å². The lowest BCUT2D eigenvalue weighted by Gasteiger charge is -2.06. The molecule has 1 heterocycles. The summed E-state index contributed by atoms with van der Waals surface area (Å²) in [5, 5.41) is 9.50. The highest BCUT2D eigenvalue weighted by atomic mass is 16.5. The zero-order chi connectivity index (χ0) is 11.0. The second-order valence-corrected chi connectivity index (χ2v) is 3.52. The Morgan fingerprint density at radius 3 is 2.87 bits per heavy atom. The van der Waals surface area contributed by atoms with Crippen molar-refractivity contribution in [2.75, 3.05) is 7.11 Å². The van der Waals surface area contributed by atoms with Crippen molar-refractivity contribution in [3.05, 3.63) is 33.6 Å². The van der Waals surface area contributed by atoms with Crippen LogP contribution in [0.3, 0.4) is 0 Å². The minimum absolute atomic E-state index is 0.188. The summed E-state index contributed by atoms with van der Waals surface area (Å²) in [6, 6.07) is 0. The van der Waals surface area contributed by atoms with Crippen molar-refractivity contribution < 1.29 is 14.3 Å². The molecule has 0 spiro atoms. The SMILES string of the molecule is COc1c2c(coc1=O)CCC2=C(C)O. The van der Waals surface area contributed by atoms with Crippen LogP contribution in [0.5, 0.6) is 5.75 Å². The first-order valence-electron chi connectivity index (χ1n) is 4.73. The number of methoxy groups -OCH3 is 1. The molecule has 4 nitrogen and oxygen atoms in total. The Morgan fingerprint density at radius 1 is 1.53 bits per heavy atom. The van der Waals surface area contributed by atoms with E-state index < -0.39 is 5.63 Å². The van der Waals surface area contributed by atoms with Gasteiger partial charge in [-0.15, -0.1) is 0 Å². The topological polar surface area (TPSA) is 59.7 Å². The normalized spacial score (nSPS) is 17.5. The smallest absolute Gasteiger partial charge is 0.379 e. The van der Waals surface area contributed by atoms with Crippen LogP contribution >= 0.6 is 0 Å². The van der Waals surface area contributed by atoms with Gasteiger partial charge in [-0.2, -0.15) is 0 Å². The lowest BCUT2D eigenvalue weighted by Crippen LogP contribution is -2.07. The number of aliphatic hydroxyl groups is 1. The van der Waals surface area contributed by atoms with Crippen molar-refractivity contribution in [3.8, 4) is 5.75 Å². The van der Waals surface area contributed by atoms with E-state index in [2.05, 4.69) is 0 Å². The molecule has 1 aliphatic rings. The molecule has 1 aliphatic carbocycles. The molecule has 0 saturated heterocycles. The number of hydrogen-bond donors (Lipinski definition) is 1. The van der Waals surface area contributed by atoms with E-state index in [0.29, 0.717) is 12.0 Å². The van der Waals surface area contributed by atoms with Gasteiger partial charge in [-0.25, -0.2) is 4.79 Å². The third kappa shape index (κ3) is 1.42. The van der Waals surface area contributed by atoms with Crippen LogP contribution in [0.2, 0.25) is 0 Å². The first-order chi connectivity index (χ1) is 7.15. The monoisotopic (exact) mass is 208 g/mol. The molecule has 0 aromatic carbocycles. The molecule has 0 saturated carbocycles. The number of rotatable bonds is 1. The number of hydrogen-bond acceptors (Lipinski definition) is 4. The second-order valence-electron chi connectivity index (χ2n) is 3.52. The Balaban J connectivity index is 2.75. The van der Waals surface area contributed by atoms with Gasteiger partial charge in [0, 0.05) is 11.1 Å². The van der Waals surface area contributed by atoms with Crippen LogP contribution in [0.15, 0.2) is 21.2 Å². The second kappa shape index (κ2) is 3.46. The van der Waals surface area contributed by atoms with Gasteiger partial charge in [0.2, 0.25) is 5.75 Å². The first-order valence-corrected chi connectivity index (χ1v) is 4.73. The van der Waals surface area contributed by atoms with Crippen LogP contribution in [-0.2, 0) is 6.42 Å². The number of aryl methyl sites for hydroxylation is 1. The molecule has 0 bridgehead atoms. The number of aliphatic hydroxyl groups excluding tert-OH is 1. The quantitative estimate of drug-likeness (QED) is 0.716. The van der Waals surface area contributed by atoms with Crippen molar-refractivity contribution >= 4 is 5.57 Å². The van der Waals surface area contributed by atoms with Crippen LogP contribution in [0, 0.1) is 0 Å². The summed E-state index contributed by atoms with van der Waals surface area (Å²) >= 11 is 0. The molecule has 0 aliphatic heterocycles. The number of fused-ring (bicyclic) bond motifs is 1. The molecule has 1 aromatic heterocycles. The first kappa shape index (κ1) is 9.83. The van der Waals surface area contributed by atoms with E-state index in [4.69, 9.17) is 9.15 Å². The Kier molecular flexibility index (Phi) is 2.26. The van der Waals surface area contributed by atoms with Gasteiger partial charge in [0.25, 0.3) is 0 Å². The van der Waals surface area contributed by atoms with E-state index in [9.17, 15) is 9.90 Å². The molecule has 0 radical (unpaired) electrons. The summed E-state index contributed by atoms with van der Waals surface area (Å²) in [6.45, 7) is 1.61. The van der Waals surface area contributed by atoms with E-state index in [-0.39, 0.29) is 11.5 Å². The van der Waals surface area contributed by atoms with Gasteiger partial charge < -0.3 is 14.3 Å². The van der Waals surface area contributed by atoms with Crippen molar-refractivity contribution in [1.82, 2.24) is 0 Å². The van der Waals surface area contributed by atoms with Crippen LogP contribution in [0.4, 0.5) is 0 Å². The Bertz CT molecular complexity index is 478. The Hall–Kier alpha value is -1.71. The molecule has 1 aromatic rings. The lowest BCUT2D eigenvalue weighted by atomic mass is 10.1. The average molecular weight is 208 g/mol. The highest BCUT2D eigenvalue weighted by Gasteiger charge is 2.25. The van der Waals surface area contributed by atoms with Gasteiger partial charge in [-0.1, -0.05) is 0 Å². The maximum Gasteiger partial charge on any atom is 0.379 e. The van der Waals surface area contributed by atoms with Crippen molar-refractivity contribution in [3.63, 3.8) is 0 Å². The van der Waals surface area contributed by atoms with E-state index >= 15 is 0 Å². The predicted molar refractivity (Wildman–Crippen MR) is 55.1 cm³/mol. The van der Waals surface area contributed by atoms with Crippen LogP contribution < -0.4 is 10.4 Å². The highest BCUT2D eigenvalue weighted by molar-refractivity contribution is 5.77. The Labute approximate surface area is 86.8 Å². The lowest BCUT2D eigenvalue weighted by molar-refractivity contribution is 0.372. The molecule has 80 valence electrons. The third-order valence-electron chi connectivity index (χ3n) is 2.63. The van der Waals surface area contributed by atoms with E-state index in [1.807, 2.05) is 0 Å². The van der Waals surface area contributed by atoms with Crippen LogP contribution in [0.25, 0.3) is 5.57 Å². The minimum atomic E-state index is -0.503. The Morgan fingerprint density at radius 2 is 2.27 bits per heavy atom. The fourth-order valence-corrected chi connectivity index (χ4v) is 1.93. The fourth-order valence-electron chi connectivity index (χ4n) is 1.93. The molecule has 2 rings (SSSR count). The average Bonchev–Trinajstić information content (AvgIpc) is 2.61. The highest BCUT2D eigenvalue weighted by Crippen LogP contribution is 2.38. The van der Waals surface area contributed by atoms with Crippen molar-refractivity contribution in [2.24, 2.45) is 0 Å². The summed E-state index contributed by atoms with van der Waals surface area (Å²) in [5.74, 6) is 0.422. The zero-order valence-electron chi connectivity index (χ0n) is 8.66. The number of allylic oxidation sites excluding steroid dienone is 2. The molecule has 0 atom stereocenters. The number of ether oxygens (including phenoxy) is 1. The van der Waals surface area contributed by atoms with Gasteiger partial charge in [-0.3, -0.25) is 0 Å². The fraction of sp³-hybridized carbons (Fsp3) is 0.364. The third-order valence-corrected chi connectivity index (χ3v) is 2.63. The van der Waals surface area contributed by atoms with E-state index in [1.165, 1.54) is 13.4 Å². The zero-order valence-corrected chi connectivity index (χ0v) is 8.66. The minimum Gasteiger partial charge on any atom is -0.512 e. The van der Waals surface area contributed by atoms with Crippen molar-refractivity contribution in [1.29, 1.82) is 0 Å². The molecule has 0 amide bonds. The van der Waals surface area contributed by atoms with Crippen LogP contribution in [0.1, 0.15) is 24.5 Å². The molecular weight excluding hydrogens is 196 g/mol. The molecule has 1 N–H and O–H groups in total. The van der Waals surface area contributed by atoms with Gasteiger partial charge in [0.1, 0.15) is 0 Å². The van der Waals surface area contributed by atoms with Gasteiger partial charge in [-0.05, 0) is 25.3 Å². The summed E-state index contributed by atoms with van der Waals surface area (Å²) in [5.41, 5.74) is 1.88. The predicted octanol–water partition coefficient (Wildman–Crippen LogP) is 1.88. The van der Waals surface area contributed by atoms with Crippen molar-refractivity contribution in [2.45, 2.75) is 19.8 Å². The molecular formula is C11H12O4. The maximum absolute atomic E-state index is 11.4. The van der Waals surface area contributed by atoms with Gasteiger partial charge in [0.15, 0.2) is 0 Å². The maximum atomic E-state index is 11.4. The van der Waals surface area contributed by atoms with Gasteiger partial charge >= 0.3 is 5.63 Å². The largest absolute Gasteiger partial charge is 0.512 e. The standard InChI is InChI=1S/C11H12O4/c1-6(12)8-4-3-7-5-15-11(13)10(14-2)9(7)8/h5,12H,3-4H2,1-2H3.